The molecule has 0 atom stereocenters. The topological polar surface area (TPSA) is 142 Å². The highest BCUT2D eigenvalue weighted by Crippen LogP contribution is 2.34. The molecular formula is C13H15N5O5S. The van der Waals surface area contributed by atoms with Crippen LogP contribution in [0, 0.1) is 10.1 Å². The number of benzene rings is 1. The molecule has 0 saturated carbocycles. The minimum absolute atomic E-state index is 0.116. The Morgan fingerprint density at radius 2 is 2.00 bits per heavy atom. The number of aromatic nitrogens is 2. The van der Waals surface area contributed by atoms with Gasteiger partial charge in [-0.15, -0.1) is 10.2 Å². The van der Waals surface area contributed by atoms with Gasteiger partial charge in [0.05, 0.1) is 25.2 Å². The van der Waals surface area contributed by atoms with Gasteiger partial charge in [-0.2, -0.15) is 0 Å². The molecule has 0 bridgehead atoms. The summed E-state index contributed by atoms with van der Waals surface area (Å²) < 4.78 is 10.1. The summed E-state index contributed by atoms with van der Waals surface area (Å²) in [4.78, 5) is 22.8. The number of rotatable bonds is 7. The lowest BCUT2D eigenvalue weighted by atomic mass is 10.1. The molecule has 1 aromatic heterocycles. The van der Waals surface area contributed by atoms with E-state index in [0.717, 1.165) is 6.07 Å². The highest BCUT2D eigenvalue weighted by atomic mass is 32.1. The molecule has 0 saturated heterocycles. The number of methoxy groups -OCH3 is 2. The van der Waals surface area contributed by atoms with E-state index in [1.807, 2.05) is 0 Å². The third-order valence-corrected chi connectivity index (χ3v) is 3.86. The minimum Gasteiger partial charge on any atom is -0.493 e. The molecule has 1 amide bonds. The summed E-state index contributed by atoms with van der Waals surface area (Å²) in [6.45, 7) is 0.235. The van der Waals surface area contributed by atoms with Crippen LogP contribution in [0.5, 0.6) is 11.5 Å². The van der Waals surface area contributed by atoms with Gasteiger partial charge in [0.25, 0.3) is 11.6 Å². The van der Waals surface area contributed by atoms with Crippen molar-refractivity contribution < 1.29 is 19.2 Å². The third kappa shape index (κ3) is 3.87. The SMILES string of the molecule is COc1cc(C(=O)NCCc2nnc(N)s2)c([N+](=O)[O-])cc1OC. The third-order valence-electron chi connectivity index (χ3n) is 3.05. The molecule has 3 N–H and O–H groups in total. The zero-order valence-corrected chi connectivity index (χ0v) is 13.8. The number of nitrogens with zero attached hydrogens (tertiary/aromatic N) is 3. The number of hydrogen-bond acceptors (Lipinski definition) is 9. The van der Waals surface area contributed by atoms with E-state index in [-0.39, 0.29) is 29.3 Å². The monoisotopic (exact) mass is 353 g/mol. The molecule has 11 heteroatoms. The van der Waals surface area contributed by atoms with Gasteiger partial charge in [-0.3, -0.25) is 14.9 Å². The van der Waals surface area contributed by atoms with E-state index >= 15 is 0 Å². The average Bonchev–Trinajstić information content (AvgIpc) is 2.98. The molecule has 1 heterocycles. The number of nitrogens with two attached hydrogens (primary N) is 1. The van der Waals surface area contributed by atoms with Gasteiger partial charge in [0.2, 0.25) is 5.13 Å². The first-order chi connectivity index (χ1) is 11.5. The van der Waals surface area contributed by atoms with Crippen LogP contribution < -0.4 is 20.5 Å². The zero-order valence-electron chi connectivity index (χ0n) is 12.9. The van der Waals surface area contributed by atoms with E-state index in [9.17, 15) is 14.9 Å². The van der Waals surface area contributed by atoms with E-state index in [1.54, 1.807) is 0 Å². The van der Waals surface area contributed by atoms with Crippen molar-refractivity contribution in [3.63, 3.8) is 0 Å². The van der Waals surface area contributed by atoms with Crippen molar-refractivity contribution in [2.75, 3.05) is 26.5 Å². The smallest absolute Gasteiger partial charge is 0.286 e. The lowest BCUT2D eigenvalue weighted by Crippen LogP contribution is -2.26. The minimum atomic E-state index is -0.650. The zero-order chi connectivity index (χ0) is 17.7. The molecule has 10 nitrogen and oxygen atoms in total. The second kappa shape index (κ2) is 7.55. The van der Waals surface area contributed by atoms with Gasteiger partial charge in [0.1, 0.15) is 10.6 Å². The van der Waals surface area contributed by atoms with E-state index in [4.69, 9.17) is 15.2 Å². The van der Waals surface area contributed by atoms with Crippen molar-refractivity contribution in [1.82, 2.24) is 15.5 Å². The molecule has 0 aliphatic carbocycles. The fourth-order valence-electron chi connectivity index (χ4n) is 1.95. The number of carbonyl (C=O) groups excluding carboxylic acids is 1. The van der Waals surface area contributed by atoms with Gasteiger partial charge < -0.3 is 20.5 Å². The number of anilines is 1. The van der Waals surface area contributed by atoms with Gasteiger partial charge in [-0.1, -0.05) is 11.3 Å². The van der Waals surface area contributed by atoms with Gasteiger partial charge >= 0.3 is 0 Å². The fraction of sp³-hybridized carbons (Fsp3) is 0.308. The quantitative estimate of drug-likeness (QED) is 0.555. The Kier molecular flexibility index (Phi) is 5.47. The highest BCUT2D eigenvalue weighted by molar-refractivity contribution is 7.15. The second-order valence-electron chi connectivity index (χ2n) is 4.52. The van der Waals surface area contributed by atoms with Crippen LogP contribution in [0.4, 0.5) is 10.8 Å². The van der Waals surface area contributed by atoms with Gasteiger partial charge in [0.15, 0.2) is 11.5 Å². The Morgan fingerprint density at radius 3 is 2.54 bits per heavy atom. The first-order valence-corrected chi connectivity index (χ1v) is 7.54. The predicted octanol–water partition coefficient (Wildman–Crippen LogP) is 1.02. The molecule has 0 unspecified atom stereocenters. The molecule has 0 aliphatic heterocycles. The van der Waals surface area contributed by atoms with Crippen molar-refractivity contribution in [3.05, 3.63) is 32.8 Å². The van der Waals surface area contributed by atoms with Crippen LogP contribution in [0.25, 0.3) is 0 Å². The van der Waals surface area contributed by atoms with Crippen LogP contribution in [0.1, 0.15) is 15.4 Å². The van der Waals surface area contributed by atoms with Crippen LogP contribution in [0.15, 0.2) is 12.1 Å². The summed E-state index contributed by atoms with van der Waals surface area (Å²) in [5.74, 6) is -0.199. The van der Waals surface area contributed by atoms with Crippen LogP contribution in [0.3, 0.4) is 0 Å². The number of ether oxygens (including phenoxy) is 2. The largest absolute Gasteiger partial charge is 0.493 e. The highest BCUT2D eigenvalue weighted by Gasteiger charge is 2.24. The van der Waals surface area contributed by atoms with Gasteiger partial charge in [0, 0.05) is 19.0 Å². The molecule has 0 fully saturated rings. The second-order valence-corrected chi connectivity index (χ2v) is 5.62. The lowest BCUT2D eigenvalue weighted by Gasteiger charge is -2.10. The fourth-order valence-corrected chi connectivity index (χ4v) is 2.56. The number of carbonyl (C=O) groups is 1. The van der Waals surface area contributed by atoms with E-state index < -0.39 is 10.8 Å². The van der Waals surface area contributed by atoms with Crippen molar-refractivity contribution in [2.45, 2.75) is 6.42 Å². The maximum absolute atomic E-state index is 12.3. The van der Waals surface area contributed by atoms with Crippen LogP contribution in [-0.4, -0.2) is 41.8 Å². The molecule has 1 aromatic carbocycles. The van der Waals surface area contributed by atoms with Crippen molar-refractivity contribution in [3.8, 4) is 11.5 Å². The Bertz CT molecular complexity index is 763. The molecule has 24 heavy (non-hydrogen) atoms. The maximum Gasteiger partial charge on any atom is 0.286 e. The Labute approximate surface area is 140 Å². The van der Waals surface area contributed by atoms with Crippen LogP contribution in [0.2, 0.25) is 0 Å². The average molecular weight is 353 g/mol. The Balaban J connectivity index is 2.16. The number of amides is 1. The van der Waals surface area contributed by atoms with Crippen LogP contribution >= 0.6 is 11.3 Å². The summed E-state index contributed by atoms with van der Waals surface area (Å²) >= 11 is 1.21. The summed E-state index contributed by atoms with van der Waals surface area (Å²) in [7, 11) is 2.74. The number of nitro groups is 1. The molecule has 2 aromatic rings. The molecule has 2 rings (SSSR count). The first-order valence-electron chi connectivity index (χ1n) is 6.72. The maximum atomic E-state index is 12.3. The standard InChI is InChI=1S/C13H15N5O5S/c1-22-9-5-7(8(18(20)21)6-10(9)23-2)12(19)15-4-3-11-16-17-13(14)24-11/h5-6H,3-4H2,1-2H3,(H2,14,17)(H,15,19). The van der Waals surface area contributed by atoms with E-state index in [0.29, 0.717) is 16.6 Å². The Morgan fingerprint density at radius 1 is 1.33 bits per heavy atom. The summed E-state index contributed by atoms with van der Waals surface area (Å²) in [5.41, 5.74) is 4.98. The number of nitro benzene ring substituents is 1. The van der Waals surface area contributed by atoms with Gasteiger partial charge in [-0.05, 0) is 0 Å². The van der Waals surface area contributed by atoms with Crippen molar-refractivity contribution in [2.24, 2.45) is 0 Å². The van der Waals surface area contributed by atoms with Crippen LogP contribution in [-0.2, 0) is 6.42 Å². The van der Waals surface area contributed by atoms with Crippen molar-refractivity contribution >= 4 is 28.1 Å². The lowest BCUT2D eigenvalue weighted by molar-refractivity contribution is -0.385. The van der Waals surface area contributed by atoms with Gasteiger partial charge in [-0.25, -0.2) is 0 Å². The van der Waals surface area contributed by atoms with E-state index in [2.05, 4.69) is 15.5 Å². The molecule has 0 radical (unpaired) electrons. The first kappa shape index (κ1) is 17.4. The Hall–Kier alpha value is -2.95. The van der Waals surface area contributed by atoms with E-state index in [1.165, 1.54) is 31.6 Å². The number of hydrogen-bond donors (Lipinski definition) is 2. The summed E-state index contributed by atoms with van der Waals surface area (Å²) in [6, 6.07) is 2.43. The normalized spacial score (nSPS) is 10.2. The molecule has 0 aliphatic rings. The number of nitrogen functional groups attached to an aromatic ring is 1. The number of nitrogens with one attached hydrogen (secondary N) is 1. The molecular weight excluding hydrogens is 338 g/mol. The summed E-state index contributed by atoms with van der Waals surface area (Å²) in [6.07, 6.45) is 0.418. The van der Waals surface area contributed by atoms with Crippen molar-refractivity contribution in [1.29, 1.82) is 0 Å². The molecule has 0 spiro atoms. The summed E-state index contributed by atoms with van der Waals surface area (Å²) in [5, 5.41) is 22.3. The predicted molar refractivity (Wildman–Crippen MR) is 86.6 cm³/mol. The molecule has 128 valence electrons.